The second-order valence-corrected chi connectivity index (χ2v) is 3.69. The minimum Gasteiger partial charge on any atom is -0.453 e. The number of carbonyl (C=O) groups is 1. The van der Waals surface area contributed by atoms with Crippen LogP contribution in [0.5, 0.6) is 11.5 Å². The van der Waals surface area contributed by atoms with Crippen LogP contribution in [0.2, 0.25) is 5.02 Å². The Labute approximate surface area is 102 Å². The number of pyridine rings is 1. The van der Waals surface area contributed by atoms with Crippen molar-refractivity contribution in [1.29, 1.82) is 0 Å². The van der Waals surface area contributed by atoms with Gasteiger partial charge in [-0.1, -0.05) is 11.6 Å². The fourth-order valence-corrected chi connectivity index (χ4v) is 1.41. The van der Waals surface area contributed by atoms with Crippen molar-refractivity contribution in [3.8, 4) is 11.5 Å². The Balaban J connectivity index is 2.27. The van der Waals surface area contributed by atoms with E-state index in [4.69, 9.17) is 16.3 Å². The molecule has 1 heterocycles. The van der Waals surface area contributed by atoms with E-state index in [0.717, 1.165) is 6.07 Å². The second kappa shape index (κ2) is 4.93. The molecule has 17 heavy (non-hydrogen) atoms. The normalized spacial score (nSPS) is 10.0. The van der Waals surface area contributed by atoms with Crippen LogP contribution in [0.25, 0.3) is 0 Å². The molecule has 0 aliphatic rings. The number of hydrogen-bond donors (Lipinski definition) is 0. The van der Waals surface area contributed by atoms with Gasteiger partial charge in [0.1, 0.15) is 12.0 Å². The number of nitrogens with zero attached hydrogens (tertiary/aromatic N) is 1. The molecule has 0 N–H and O–H groups in total. The van der Waals surface area contributed by atoms with Crippen molar-refractivity contribution in [3.05, 3.63) is 53.1 Å². The highest BCUT2D eigenvalue weighted by molar-refractivity contribution is 6.30. The van der Waals surface area contributed by atoms with Crippen LogP contribution in [0, 0.1) is 5.82 Å². The maximum Gasteiger partial charge on any atom is 0.166 e. The van der Waals surface area contributed by atoms with Crippen molar-refractivity contribution in [1.82, 2.24) is 4.98 Å². The van der Waals surface area contributed by atoms with Gasteiger partial charge in [0.2, 0.25) is 0 Å². The molecule has 0 fully saturated rings. The van der Waals surface area contributed by atoms with E-state index in [1.165, 1.54) is 30.6 Å². The van der Waals surface area contributed by atoms with Gasteiger partial charge in [-0.05, 0) is 18.2 Å². The smallest absolute Gasteiger partial charge is 0.166 e. The van der Waals surface area contributed by atoms with Gasteiger partial charge in [0.25, 0.3) is 0 Å². The Morgan fingerprint density at radius 1 is 1.29 bits per heavy atom. The second-order valence-electron chi connectivity index (χ2n) is 3.25. The zero-order chi connectivity index (χ0) is 12.3. The SMILES string of the molecule is O=Cc1ccc(Oc2cncc(Cl)c2)c(F)c1. The van der Waals surface area contributed by atoms with Crippen molar-refractivity contribution < 1.29 is 13.9 Å². The average molecular weight is 252 g/mol. The molecular weight excluding hydrogens is 245 g/mol. The predicted molar refractivity (Wildman–Crippen MR) is 61.1 cm³/mol. The third kappa shape index (κ3) is 2.79. The fraction of sp³-hybridized carbons (Fsp3) is 0. The summed E-state index contributed by atoms with van der Waals surface area (Å²) in [6.45, 7) is 0. The highest BCUT2D eigenvalue weighted by Gasteiger charge is 2.06. The first-order valence-corrected chi connectivity index (χ1v) is 5.10. The molecule has 0 spiro atoms. The summed E-state index contributed by atoms with van der Waals surface area (Å²) in [4.78, 5) is 14.2. The van der Waals surface area contributed by atoms with Crippen LogP contribution in [0.15, 0.2) is 36.7 Å². The van der Waals surface area contributed by atoms with Crippen LogP contribution in [-0.2, 0) is 0 Å². The Bertz CT molecular complexity index is 560. The zero-order valence-corrected chi connectivity index (χ0v) is 9.32. The summed E-state index contributed by atoms with van der Waals surface area (Å²) in [5.41, 5.74) is 0.249. The van der Waals surface area contributed by atoms with Crippen LogP contribution >= 0.6 is 11.6 Å². The third-order valence-corrected chi connectivity index (χ3v) is 2.21. The van der Waals surface area contributed by atoms with Gasteiger partial charge in [-0.15, -0.1) is 0 Å². The molecule has 3 nitrogen and oxygen atoms in total. The number of halogens is 2. The van der Waals surface area contributed by atoms with Gasteiger partial charge in [0, 0.05) is 17.8 Å². The van der Waals surface area contributed by atoms with Crippen LogP contribution in [-0.4, -0.2) is 11.3 Å². The Kier molecular flexibility index (Phi) is 3.35. The summed E-state index contributed by atoms with van der Waals surface area (Å²) in [6, 6.07) is 5.45. The summed E-state index contributed by atoms with van der Waals surface area (Å²) in [5, 5.41) is 0.396. The number of aromatic nitrogens is 1. The Hall–Kier alpha value is -1.94. The van der Waals surface area contributed by atoms with Crippen molar-refractivity contribution in [2.24, 2.45) is 0 Å². The molecule has 0 saturated heterocycles. The molecule has 0 saturated carbocycles. The minimum atomic E-state index is -0.616. The number of aldehydes is 1. The molecule has 0 aliphatic carbocycles. The summed E-state index contributed by atoms with van der Waals surface area (Å²) in [5.74, 6) is -0.274. The zero-order valence-electron chi connectivity index (χ0n) is 8.56. The number of carbonyl (C=O) groups excluding carboxylic acids is 1. The average Bonchev–Trinajstić information content (AvgIpc) is 2.32. The molecule has 1 aromatic heterocycles. The van der Waals surface area contributed by atoms with Crippen LogP contribution in [0.3, 0.4) is 0 Å². The Morgan fingerprint density at radius 2 is 2.12 bits per heavy atom. The van der Waals surface area contributed by atoms with Gasteiger partial charge in [0.05, 0.1) is 11.2 Å². The molecule has 5 heteroatoms. The van der Waals surface area contributed by atoms with Gasteiger partial charge in [-0.25, -0.2) is 4.39 Å². The molecule has 0 aliphatic heterocycles. The lowest BCUT2D eigenvalue weighted by Gasteiger charge is -2.06. The van der Waals surface area contributed by atoms with Gasteiger partial charge in [-0.2, -0.15) is 0 Å². The van der Waals surface area contributed by atoms with Gasteiger partial charge in [-0.3, -0.25) is 9.78 Å². The predicted octanol–water partition coefficient (Wildman–Crippen LogP) is 3.48. The molecule has 2 rings (SSSR count). The highest BCUT2D eigenvalue weighted by Crippen LogP contribution is 2.25. The standard InChI is InChI=1S/C12H7ClFNO2/c13-9-4-10(6-15-5-9)17-12-2-1-8(7-16)3-11(12)14/h1-7H. The van der Waals surface area contributed by atoms with Crippen molar-refractivity contribution in [2.75, 3.05) is 0 Å². The van der Waals surface area contributed by atoms with Gasteiger partial charge in [0.15, 0.2) is 11.6 Å². The van der Waals surface area contributed by atoms with E-state index in [-0.39, 0.29) is 11.3 Å². The van der Waals surface area contributed by atoms with Crippen molar-refractivity contribution >= 4 is 17.9 Å². The maximum atomic E-state index is 13.5. The summed E-state index contributed by atoms with van der Waals surface area (Å²) < 4.78 is 18.7. The minimum absolute atomic E-state index is 0.0136. The topological polar surface area (TPSA) is 39.2 Å². The highest BCUT2D eigenvalue weighted by atomic mass is 35.5. The first-order valence-electron chi connectivity index (χ1n) is 4.72. The van der Waals surface area contributed by atoms with Gasteiger partial charge >= 0.3 is 0 Å². The van der Waals surface area contributed by atoms with Crippen molar-refractivity contribution in [3.63, 3.8) is 0 Å². The summed E-state index contributed by atoms with van der Waals surface area (Å²) in [6.07, 6.45) is 3.42. The number of benzene rings is 1. The molecule has 0 radical (unpaired) electrons. The third-order valence-electron chi connectivity index (χ3n) is 2.00. The molecule has 0 atom stereocenters. The van der Waals surface area contributed by atoms with Crippen LogP contribution < -0.4 is 4.74 Å². The first kappa shape index (κ1) is 11.5. The van der Waals surface area contributed by atoms with Crippen LogP contribution in [0.1, 0.15) is 10.4 Å². The number of hydrogen-bond acceptors (Lipinski definition) is 3. The summed E-state index contributed by atoms with van der Waals surface area (Å²) in [7, 11) is 0. The molecule has 1 aromatic carbocycles. The van der Waals surface area contributed by atoms with E-state index >= 15 is 0 Å². The van der Waals surface area contributed by atoms with E-state index in [2.05, 4.69) is 4.98 Å². The summed E-state index contributed by atoms with van der Waals surface area (Å²) >= 11 is 5.72. The van der Waals surface area contributed by atoms with Gasteiger partial charge < -0.3 is 4.74 Å². The van der Waals surface area contributed by atoms with E-state index < -0.39 is 5.82 Å². The number of ether oxygens (including phenoxy) is 1. The largest absolute Gasteiger partial charge is 0.453 e. The molecule has 86 valence electrons. The molecule has 0 unspecified atom stereocenters. The Morgan fingerprint density at radius 3 is 2.76 bits per heavy atom. The lowest BCUT2D eigenvalue weighted by atomic mass is 10.2. The maximum absolute atomic E-state index is 13.5. The quantitative estimate of drug-likeness (QED) is 0.784. The van der Waals surface area contributed by atoms with E-state index in [9.17, 15) is 9.18 Å². The first-order chi connectivity index (χ1) is 8.19. The molecule has 2 aromatic rings. The van der Waals surface area contributed by atoms with Crippen LogP contribution in [0.4, 0.5) is 4.39 Å². The van der Waals surface area contributed by atoms with E-state index in [0.29, 0.717) is 17.1 Å². The lowest BCUT2D eigenvalue weighted by Crippen LogP contribution is -1.91. The molecule has 0 amide bonds. The fourth-order valence-electron chi connectivity index (χ4n) is 1.25. The van der Waals surface area contributed by atoms with E-state index in [1.807, 2.05) is 0 Å². The lowest BCUT2D eigenvalue weighted by molar-refractivity contribution is 0.112. The van der Waals surface area contributed by atoms with Crippen molar-refractivity contribution in [2.45, 2.75) is 0 Å². The monoisotopic (exact) mass is 251 g/mol. The molecule has 0 bridgehead atoms. The van der Waals surface area contributed by atoms with E-state index in [1.54, 1.807) is 0 Å². The number of rotatable bonds is 3. The molecular formula is C12H7ClFNO2.